The molecule has 0 unspecified atom stereocenters. The average Bonchev–Trinajstić information content (AvgIpc) is 2.55. The second kappa shape index (κ2) is 10.4. The molecule has 0 bridgehead atoms. The molecular weight excluding hydrogens is 312 g/mol. The summed E-state index contributed by atoms with van der Waals surface area (Å²) in [6.45, 7) is 3.63. The number of ether oxygens (including phenoxy) is 2. The van der Waals surface area contributed by atoms with Gasteiger partial charge in [-0.1, -0.05) is 30.3 Å². The summed E-state index contributed by atoms with van der Waals surface area (Å²) < 4.78 is 9.69. The van der Waals surface area contributed by atoms with Crippen molar-refractivity contribution in [2.45, 2.75) is 38.8 Å². The third-order valence-electron chi connectivity index (χ3n) is 3.20. The van der Waals surface area contributed by atoms with Gasteiger partial charge in [0.1, 0.15) is 6.04 Å². The SMILES string of the molecule is CCOC(=O)C[C@H](NC(=O)[C@@H](N)Cc1ccccc1)C(=O)OCC. The number of hydrogen-bond acceptors (Lipinski definition) is 6. The number of benzene rings is 1. The summed E-state index contributed by atoms with van der Waals surface area (Å²) in [5.74, 6) is -1.81. The van der Waals surface area contributed by atoms with Gasteiger partial charge in [0, 0.05) is 0 Å². The minimum Gasteiger partial charge on any atom is -0.466 e. The first-order valence-electron chi connectivity index (χ1n) is 7.90. The van der Waals surface area contributed by atoms with Gasteiger partial charge in [-0.25, -0.2) is 4.79 Å². The Balaban J connectivity index is 2.67. The maximum Gasteiger partial charge on any atom is 0.329 e. The maximum absolute atomic E-state index is 12.2. The van der Waals surface area contributed by atoms with Gasteiger partial charge in [-0.2, -0.15) is 0 Å². The number of rotatable bonds is 9. The fourth-order valence-corrected chi connectivity index (χ4v) is 2.06. The van der Waals surface area contributed by atoms with Gasteiger partial charge in [0.15, 0.2) is 0 Å². The Labute approximate surface area is 141 Å². The number of carbonyl (C=O) groups excluding carboxylic acids is 3. The fraction of sp³-hybridized carbons (Fsp3) is 0.471. The average molecular weight is 336 g/mol. The molecular formula is C17H24N2O5. The molecule has 7 nitrogen and oxygen atoms in total. The van der Waals surface area contributed by atoms with Gasteiger partial charge >= 0.3 is 11.9 Å². The smallest absolute Gasteiger partial charge is 0.329 e. The van der Waals surface area contributed by atoms with E-state index in [1.807, 2.05) is 30.3 Å². The standard InChI is InChI=1S/C17H24N2O5/c1-3-23-15(20)11-14(17(22)24-4-2)19-16(21)13(18)10-12-8-6-5-7-9-12/h5-9,13-14H,3-4,10-11,18H2,1-2H3,(H,19,21)/t13-,14-/m0/s1. The molecule has 2 atom stereocenters. The Kier molecular flexibility index (Phi) is 8.49. The van der Waals surface area contributed by atoms with E-state index in [4.69, 9.17) is 15.2 Å². The third-order valence-corrected chi connectivity index (χ3v) is 3.20. The Hall–Kier alpha value is -2.41. The Bertz CT molecular complexity index is 547. The van der Waals surface area contributed by atoms with Crippen LogP contribution in [0.25, 0.3) is 0 Å². The lowest BCUT2D eigenvalue weighted by Gasteiger charge is -2.19. The molecule has 0 spiro atoms. The highest BCUT2D eigenvalue weighted by Crippen LogP contribution is 2.04. The zero-order valence-corrected chi connectivity index (χ0v) is 14.0. The van der Waals surface area contributed by atoms with Crippen molar-refractivity contribution in [2.24, 2.45) is 5.73 Å². The van der Waals surface area contributed by atoms with Gasteiger partial charge in [0.05, 0.1) is 25.7 Å². The summed E-state index contributed by atoms with van der Waals surface area (Å²) in [5, 5.41) is 2.47. The number of nitrogens with two attached hydrogens (primary N) is 1. The van der Waals surface area contributed by atoms with E-state index in [0.717, 1.165) is 5.56 Å². The predicted molar refractivity (Wildman–Crippen MR) is 87.9 cm³/mol. The first-order valence-corrected chi connectivity index (χ1v) is 7.90. The zero-order chi connectivity index (χ0) is 17.9. The van der Waals surface area contributed by atoms with Crippen LogP contribution in [-0.2, 0) is 30.3 Å². The van der Waals surface area contributed by atoms with Crippen molar-refractivity contribution in [1.82, 2.24) is 5.32 Å². The van der Waals surface area contributed by atoms with Crippen LogP contribution in [0.2, 0.25) is 0 Å². The van der Waals surface area contributed by atoms with Crippen molar-refractivity contribution in [2.75, 3.05) is 13.2 Å². The van der Waals surface area contributed by atoms with Gasteiger partial charge < -0.3 is 20.5 Å². The van der Waals surface area contributed by atoms with E-state index in [-0.39, 0.29) is 19.6 Å². The molecule has 1 amide bonds. The second-order valence-corrected chi connectivity index (χ2v) is 5.12. The lowest BCUT2D eigenvalue weighted by Crippen LogP contribution is -2.50. The Morgan fingerprint density at radius 1 is 1.08 bits per heavy atom. The summed E-state index contributed by atoms with van der Waals surface area (Å²) in [6, 6.07) is 7.32. The van der Waals surface area contributed by atoms with Crippen LogP contribution < -0.4 is 11.1 Å². The molecule has 0 heterocycles. The summed E-state index contributed by atoms with van der Waals surface area (Å²) in [6.07, 6.45) is 0.0259. The maximum atomic E-state index is 12.2. The van der Waals surface area contributed by atoms with Crippen LogP contribution >= 0.6 is 0 Å². The van der Waals surface area contributed by atoms with Crippen LogP contribution in [0.3, 0.4) is 0 Å². The van der Waals surface area contributed by atoms with Crippen LogP contribution in [0.4, 0.5) is 0 Å². The zero-order valence-electron chi connectivity index (χ0n) is 14.0. The summed E-state index contributed by atoms with van der Waals surface area (Å²) in [5.41, 5.74) is 6.78. The molecule has 0 aliphatic heterocycles. The fourth-order valence-electron chi connectivity index (χ4n) is 2.06. The van der Waals surface area contributed by atoms with Gasteiger partial charge in [0.2, 0.25) is 5.91 Å². The van der Waals surface area contributed by atoms with E-state index in [9.17, 15) is 14.4 Å². The van der Waals surface area contributed by atoms with Gasteiger partial charge in [-0.3, -0.25) is 9.59 Å². The van der Waals surface area contributed by atoms with Crippen LogP contribution in [0.1, 0.15) is 25.8 Å². The molecule has 1 aromatic rings. The minimum absolute atomic E-state index is 0.143. The van der Waals surface area contributed by atoms with Crippen molar-refractivity contribution in [3.63, 3.8) is 0 Å². The van der Waals surface area contributed by atoms with Crippen LogP contribution in [0.15, 0.2) is 30.3 Å². The lowest BCUT2D eigenvalue weighted by molar-refractivity contribution is -0.153. The molecule has 0 aliphatic carbocycles. The number of hydrogen-bond donors (Lipinski definition) is 2. The van der Waals surface area contributed by atoms with Gasteiger partial charge in [0.25, 0.3) is 0 Å². The van der Waals surface area contributed by atoms with E-state index < -0.39 is 29.9 Å². The van der Waals surface area contributed by atoms with E-state index >= 15 is 0 Å². The number of amides is 1. The normalized spacial score (nSPS) is 12.8. The molecule has 0 saturated carbocycles. The topological polar surface area (TPSA) is 108 Å². The molecule has 132 valence electrons. The van der Waals surface area contributed by atoms with E-state index in [1.54, 1.807) is 13.8 Å². The molecule has 0 aromatic heterocycles. The molecule has 1 rings (SSSR count). The van der Waals surface area contributed by atoms with Gasteiger partial charge in [-0.15, -0.1) is 0 Å². The first-order chi connectivity index (χ1) is 11.5. The number of carbonyl (C=O) groups is 3. The van der Waals surface area contributed by atoms with Crippen molar-refractivity contribution >= 4 is 17.8 Å². The lowest BCUT2D eigenvalue weighted by atomic mass is 10.1. The first kappa shape index (κ1) is 19.6. The largest absolute Gasteiger partial charge is 0.466 e. The van der Waals surface area contributed by atoms with E-state index in [0.29, 0.717) is 6.42 Å². The number of nitrogens with one attached hydrogen (secondary N) is 1. The quantitative estimate of drug-likeness (QED) is 0.638. The van der Waals surface area contributed by atoms with E-state index in [1.165, 1.54) is 0 Å². The second-order valence-electron chi connectivity index (χ2n) is 5.12. The molecule has 3 N–H and O–H groups in total. The van der Waals surface area contributed by atoms with Crippen molar-refractivity contribution in [1.29, 1.82) is 0 Å². The molecule has 0 radical (unpaired) electrons. The molecule has 1 aromatic carbocycles. The minimum atomic E-state index is -1.11. The molecule has 0 fully saturated rings. The molecule has 0 saturated heterocycles. The molecule has 0 aliphatic rings. The summed E-state index contributed by atoms with van der Waals surface area (Å²) in [4.78, 5) is 35.7. The van der Waals surface area contributed by atoms with Gasteiger partial charge in [-0.05, 0) is 25.8 Å². The number of esters is 2. The Morgan fingerprint density at radius 2 is 1.71 bits per heavy atom. The molecule has 24 heavy (non-hydrogen) atoms. The third kappa shape index (κ3) is 6.78. The highest BCUT2D eigenvalue weighted by atomic mass is 16.5. The van der Waals surface area contributed by atoms with Crippen LogP contribution in [0, 0.1) is 0 Å². The van der Waals surface area contributed by atoms with E-state index in [2.05, 4.69) is 5.32 Å². The van der Waals surface area contributed by atoms with Crippen molar-refractivity contribution in [3.8, 4) is 0 Å². The van der Waals surface area contributed by atoms with Crippen molar-refractivity contribution in [3.05, 3.63) is 35.9 Å². The predicted octanol–water partition coefficient (Wildman–Crippen LogP) is 0.558. The Morgan fingerprint density at radius 3 is 2.29 bits per heavy atom. The van der Waals surface area contributed by atoms with Crippen molar-refractivity contribution < 1.29 is 23.9 Å². The summed E-state index contributed by atoms with van der Waals surface area (Å²) in [7, 11) is 0. The molecule has 7 heteroatoms. The monoisotopic (exact) mass is 336 g/mol. The van der Waals surface area contributed by atoms with Crippen LogP contribution in [-0.4, -0.2) is 43.1 Å². The van der Waals surface area contributed by atoms with Crippen LogP contribution in [0.5, 0.6) is 0 Å². The highest BCUT2D eigenvalue weighted by Gasteiger charge is 2.27. The highest BCUT2D eigenvalue weighted by molar-refractivity contribution is 5.90. The summed E-state index contributed by atoms with van der Waals surface area (Å²) >= 11 is 0.